The maximum absolute atomic E-state index is 6.94. The molecule has 4 heteroatoms. The fraction of sp³-hybridized carbons (Fsp3) is 0. The fourth-order valence-electron chi connectivity index (χ4n) is 0.884. The lowest BCUT2D eigenvalue weighted by Gasteiger charge is -1.84. The molecule has 0 saturated carbocycles. The predicted molar refractivity (Wildman–Crippen MR) is 36.2 cm³/mol. The van der Waals surface area contributed by atoms with Crippen LogP contribution in [-0.4, -0.2) is 16.1 Å². The molecule has 2 rings (SSSR count). The van der Waals surface area contributed by atoms with Gasteiger partial charge in [0, 0.05) is 6.20 Å². The third-order valence-electron chi connectivity index (χ3n) is 1.38. The lowest BCUT2D eigenvalue weighted by molar-refractivity contribution is 0.425. The van der Waals surface area contributed by atoms with Crippen LogP contribution in [0.2, 0.25) is 0 Å². The number of hydrogen-bond donors (Lipinski definition) is 1. The van der Waals surface area contributed by atoms with Crippen LogP contribution in [0, 0.1) is 5.41 Å². The summed E-state index contributed by atoms with van der Waals surface area (Å²) in [5.74, 6) is 0. The Morgan fingerprint density at radius 1 is 1.70 bits per heavy atom. The second-order valence-corrected chi connectivity index (χ2v) is 1.95. The monoisotopic (exact) mass is 135 g/mol. The molecular weight excluding hydrogens is 130 g/mol. The van der Waals surface area contributed by atoms with Crippen molar-refractivity contribution in [2.75, 3.05) is 0 Å². The van der Waals surface area contributed by atoms with E-state index < -0.39 is 0 Å². The normalized spacial score (nSPS) is 10.4. The Bertz CT molecular complexity index is 360. The van der Waals surface area contributed by atoms with Crippen molar-refractivity contribution < 1.29 is 4.52 Å². The quantitative estimate of drug-likeness (QED) is 0.470. The molecule has 0 atom stereocenters. The van der Waals surface area contributed by atoms with Crippen LogP contribution in [0.4, 0.5) is 0 Å². The average Bonchev–Trinajstić information content (AvgIpc) is 2.44. The van der Waals surface area contributed by atoms with Gasteiger partial charge in [-0.05, 0) is 6.07 Å². The molecule has 2 heterocycles. The van der Waals surface area contributed by atoms with Gasteiger partial charge in [0.05, 0.1) is 11.7 Å². The van der Waals surface area contributed by atoms with Gasteiger partial charge < -0.3 is 4.52 Å². The molecule has 0 bridgehead atoms. The van der Waals surface area contributed by atoms with E-state index in [1.807, 2.05) is 6.07 Å². The highest BCUT2D eigenvalue weighted by Crippen LogP contribution is 2.10. The summed E-state index contributed by atoms with van der Waals surface area (Å²) in [7, 11) is 0. The van der Waals surface area contributed by atoms with E-state index in [2.05, 4.69) is 9.68 Å². The highest BCUT2D eigenvalue weighted by Gasteiger charge is 2.00. The van der Waals surface area contributed by atoms with E-state index >= 15 is 0 Å². The number of aromatic nitrogens is 2. The summed E-state index contributed by atoms with van der Waals surface area (Å²) in [6.45, 7) is 0. The van der Waals surface area contributed by atoms with Crippen LogP contribution in [0.1, 0.15) is 0 Å². The Morgan fingerprint density at radius 2 is 2.60 bits per heavy atom. The predicted octanol–water partition coefficient (Wildman–Crippen LogP) is 1.08. The standard InChI is InChI=1S/C6H5N3O/c7-4-9-2-1-5-3-10-8-6(5)9/h1-4,7H. The molecule has 50 valence electrons. The lowest BCUT2D eigenvalue weighted by Crippen LogP contribution is -1.89. The van der Waals surface area contributed by atoms with Crippen LogP contribution in [0.5, 0.6) is 0 Å². The van der Waals surface area contributed by atoms with Crippen LogP contribution >= 0.6 is 0 Å². The van der Waals surface area contributed by atoms with Crippen molar-refractivity contribution in [3.05, 3.63) is 18.5 Å². The molecule has 0 aromatic carbocycles. The molecular formula is C6H5N3O. The molecule has 10 heavy (non-hydrogen) atoms. The first-order valence-corrected chi connectivity index (χ1v) is 2.83. The summed E-state index contributed by atoms with van der Waals surface area (Å²) >= 11 is 0. The van der Waals surface area contributed by atoms with E-state index in [1.54, 1.807) is 17.0 Å². The van der Waals surface area contributed by atoms with Crippen LogP contribution < -0.4 is 0 Å². The van der Waals surface area contributed by atoms with Crippen molar-refractivity contribution in [2.45, 2.75) is 0 Å². The number of hydrogen-bond acceptors (Lipinski definition) is 3. The summed E-state index contributed by atoms with van der Waals surface area (Å²) in [5, 5.41) is 11.5. The summed E-state index contributed by atoms with van der Waals surface area (Å²) < 4.78 is 6.26. The third kappa shape index (κ3) is 0.500. The Labute approximate surface area is 56.5 Å². The molecule has 0 amide bonds. The topological polar surface area (TPSA) is 54.8 Å². The first-order chi connectivity index (χ1) is 4.92. The van der Waals surface area contributed by atoms with Gasteiger partial charge in [0.25, 0.3) is 0 Å². The van der Waals surface area contributed by atoms with E-state index in [9.17, 15) is 0 Å². The Balaban J connectivity index is 2.88. The van der Waals surface area contributed by atoms with Crippen molar-refractivity contribution in [1.29, 1.82) is 5.41 Å². The van der Waals surface area contributed by atoms with E-state index in [0.29, 0.717) is 5.65 Å². The van der Waals surface area contributed by atoms with E-state index in [4.69, 9.17) is 5.41 Å². The summed E-state index contributed by atoms with van der Waals surface area (Å²) in [5.41, 5.74) is 0.690. The van der Waals surface area contributed by atoms with Gasteiger partial charge in [-0.1, -0.05) is 5.16 Å². The molecule has 0 unspecified atom stereocenters. The SMILES string of the molecule is N=Cn1ccc2conc21. The van der Waals surface area contributed by atoms with Gasteiger partial charge in [0.2, 0.25) is 0 Å². The molecule has 0 spiro atoms. The zero-order valence-corrected chi connectivity index (χ0v) is 5.11. The molecule has 2 aromatic heterocycles. The van der Waals surface area contributed by atoms with E-state index in [0.717, 1.165) is 5.39 Å². The zero-order valence-electron chi connectivity index (χ0n) is 5.11. The average molecular weight is 135 g/mol. The first kappa shape index (κ1) is 5.22. The smallest absolute Gasteiger partial charge is 0.188 e. The molecule has 1 N–H and O–H groups in total. The van der Waals surface area contributed by atoms with Crippen LogP contribution in [-0.2, 0) is 0 Å². The maximum Gasteiger partial charge on any atom is 0.188 e. The largest absolute Gasteiger partial charge is 0.362 e. The maximum atomic E-state index is 6.94. The first-order valence-electron chi connectivity index (χ1n) is 2.83. The van der Waals surface area contributed by atoms with Crippen molar-refractivity contribution in [2.24, 2.45) is 0 Å². The van der Waals surface area contributed by atoms with Crippen molar-refractivity contribution >= 4 is 17.4 Å². The molecule has 0 saturated heterocycles. The minimum Gasteiger partial charge on any atom is -0.362 e. The van der Waals surface area contributed by atoms with Gasteiger partial charge in [-0.3, -0.25) is 9.98 Å². The van der Waals surface area contributed by atoms with Crippen LogP contribution in [0.25, 0.3) is 11.0 Å². The lowest BCUT2D eigenvalue weighted by atomic mass is 10.5. The fourth-order valence-corrected chi connectivity index (χ4v) is 0.884. The Kier molecular flexibility index (Phi) is 0.887. The zero-order chi connectivity index (χ0) is 6.97. The second kappa shape index (κ2) is 1.70. The van der Waals surface area contributed by atoms with Gasteiger partial charge in [-0.15, -0.1) is 0 Å². The van der Waals surface area contributed by atoms with Gasteiger partial charge in [-0.25, -0.2) is 0 Å². The van der Waals surface area contributed by atoms with Crippen molar-refractivity contribution in [3.63, 3.8) is 0 Å². The number of nitrogens with zero attached hydrogens (tertiary/aromatic N) is 2. The summed E-state index contributed by atoms with van der Waals surface area (Å²) in [6.07, 6.45) is 4.50. The highest BCUT2D eigenvalue weighted by molar-refractivity contribution is 5.81. The molecule has 0 fully saturated rings. The number of fused-ring (bicyclic) bond motifs is 1. The van der Waals surface area contributed by atoms with E-state index in [-0.39, 0.29) is 0 Å². The number of nitrogens with one attached hydrogen (secondary N) is 1. The molecule has 2 aromatic rings. The molecule has 0 aliphatic carbocycles. The molecule has 0 radical (unpaired) electrons. The Morgan fingerprint density at radius 3 is 3.40 bits per heavy atom. The third-order valence-corrected chi connectivity index (χ3v) is 1.38. The summed E-state index contributed by atoms with van der Waals surface area (Å²) in [6, 6.07) is 1.84. The number of rotatable bonds is 1. The van der Waals surface area contributed by atoms with Crippen LogP contribution in [0.15, 0.2) is 23.0 Å². The van der Waals surface area contributed by atoms with Crippen molar-refractivity contribution in [1.82, 2.24) is 9.72 Å². The minimum atomic E-state index is 0.690. The van der Waals surface area contributed by atoms with Crippen molar-refractivity contribution in [3.8, 4) is 0 Å². The highest BCUT2D eigenvalue weighted by atomic mass is 16.5. The van der Waals surface area contributed by atoms with Gasteiger partial charge >= 0.3 is 0 Å². The molecule has 0 aliphatic heterocycles. The second-order valence-electron chi connectivity index (χ2n) is 1.95. The van der Waals surface area contributed by atoms with Gasteiger partial charge in [0.15, 0.2) is 5.65 Å². The molecule has 4 nitrogen and oxygen atoms in total. The van der Waals surface area contributed by atoms with Crippen LogP contribution in [0.3, 0.4) is 0 Å². The van der Waals surface area contributed by atoms with E-state index in [1.165, 1.54) is 6.34 Å². The summed E-state index contributed by atoms with van der Waals surface area (Å²) in [4.78, 5) is 0. The molecule has 0 aliphatic rings. The van der Waals surface area contributed by atoms with Gasteiger partial charge in [0.1, 0.15) is 6.26 Å². The van der Waals surface area contributed by atoms with Gasteiger partial charge in [-0.2, -0.15) is 0 Å². The minimum absolute atomic E-state index is 0.690. The Hall–Kier alpha value is -1.58.